The molecule has 16 heavy (non-hydrogen) atoms. The average molecular weight is 239 g/mol. The Balaban J connectivity index is 2.02. The number of hydrogen-bond donors (Lipinski definition) is 0. The van der Waals surface area contributed by atoms with Crippen molar-refractivity contribution < 1.29 is 9.53 Å². The molecule has 4 heteroatoms. The first-order valence-corrected chi connectivity index (χ1v) is 6.51. The number of carbonyl (C=O) groups is 1. The summed E-state index contributed by atoms with van der Waals surface area (Å²) >= 11 is 1.67. The summed E-state index contributed by atoms with van der Waals surface area (Å²) in [6, 6.07) is 2.51. The summed E-state index contributed by atoms with van der Waals surface area (Å²) in [5.41, 5.74) is 1.22. The first-order valence-electron chi connectivity index (χ1n) is 5.56. The number of methoxy groups -OCH3 is 1. The van der Waals surface area contributed by atoms with E-state index in [-0.39, 0.29) is 12.0 Å². The topological polar surface area (TPSA) is 29.5 Å². The lowest BCUT2D eigenvalue weighted by atomic mass is 10.2. The minimum atomic E-state index is -0.334. The maximum atomic E-state index is 12.1. The fourth-order valence-corrected chi connectivity index (χ4v) is 2.35. The van der Waals surface area contributed by atoms with E-state index in [1.54, 1.807) is 18.4 Å². The van der Waals surface area contributed by atoms with Crippen LogP contribution in [0.15, 0.2) is 16.8 Å². The fraction of sp³-hybridized carbons (Fsp3) is 0.583. The van der Waals surface area contributed by atoms with Gasteiger partial charge in [-0.25, -0.2) is 0 Å². The first kappa shape index (κ1) is 11.6. The second-order valence-corrected chi connectivity index (χ2v) is 4.99. The van der Waals surface area contributed by atoms with Crippen molar-refractivity contribution in [2.75, 3.05) is 7.11 Å². The zero-order chi connectivity index (χ0) is 11.5. The van der Waals surface area contributed by atoms with E-state index in [1.807, 2.05) is 17.2 Å². The van der Waals surface area contributed by atoms with Gasteiger partial charge in [0.15, 0.2) is 0 Å². The largest absolute Gasteiger partial charge is 0.372 e. The molecule has 1 saturated carbocycles. The Bertz CT molecular complexity index is 346. The molecular weight excluding hydrogens is 222 g/mol. The van der Waals surface area contributed by atoms with Crippen molar-refractivity contribution in [3.8, 4) is 0 Å². The van der Waals surface area contributed by atoms with Gasteiger partial charge in [0.1, 0.15) is 6.10 Å². The van der Waals surface area contributed by atoms with Crippen molar-refractivity contribution in [2.45, 2.75) is 38.5 Å². The van der Waals surface area contributed by atoms with Crippen molar-refractivity contribution >= 4 is 17.2 Å². The van der Waals surface area contributed by atoms with Crippen LogP contribution in [0.1, 0.15) is 25.3 Å². The van der Waals surface area contributed by atoms with Crippen molar-refractivity contribution in [3.63, 3.8) is 0 Å². The van der Waals surface area contributed by atoms with E-state index >= 15 is 0 Å². The van der Waals surface area contributed by atoms with E-state index in [9.17, 15) is 4.79 Å². The number of rotatable bonds is 5. The summed E-state index contributed by atoms with van der Waals surface area (Å²) in [7, 11) is 1.58. The van der Waals surface area contributed by atoms with Crippen LogP contribution in [-0.2, 0) is 16.1 Å². The Labute approximate surface area is 100 Å². The number of amides is 1. The van der Waals surface area contributed by atoms with Gasteiger partial charge in [0, 0.05) is 19.7 Å². The molecule has 0 bridgehead atoms. The summed E-state index contributed by atoms with van der Waals surface area (Å²) in [5, 5.41) is 4.14. The number of ether oxygens (including phenoxy) is 1. The highest BCUT2D eigenvalue weighted by molar-refractivity contribution is 7.07. The molecule has 0 aliphatic heterocycles. The van der Waals surface area contributed by atoms with Crippen LogP contribution in [0.2, 0.25) is 0 Å². The monoisotopic (exact) mass is 239 g/mol. The molecule has 1 fully saturated rings. The summed E-state index contributed by atoms with van der Waals surface area (Å²) in [4.78, 5) is 14.0. The van der Waals surface area contributed by atoms with Gasteiger partial charge in [-0.05, 0) is 42.2 Å². The Morgan fingerprint density at radius 3 is 2.94 bits per heavy atom. The van der Waals surface area contributed by atoms with Crippen LogP contribution in [0.25, 0.3) is 0 Å². The second kappa shape index (κ2) is 4.97. The molecule has 2 rings (SSSR count). The minimum Gasteiger partial charge on any atom is -0.372 e. The van der Waals surface area contributed by atoms with Gasteiger partial charge in [-0.2, -0.15) is 11.3 Å². The van der Waals surface area contributed by atoms with E-state index in [2.05, 4.69) is 11.4 Å². The highest BCUT2D eigenvalue weighted by Gasteiger charge is 2.34. The Morgan fingerprint density at radius 2 is 2.44 bits per heavy atom. The van der Waals surface area contributed by atoms with Crippen molar-refractivity contribution in [2.24, 2.45) is 0 Å². The smallest absolute Gasteiger partial charge is 0.251 e. The molecule has 1 aliphatic rings. The Kier molecular flexibility index (Phi) is 3.61. The van der Waals surface area contributed by atoms with Gasteiger partial charge in [0.05, 0.1) is 0 Å². The molecule has 1 unspecified atom stereocenters. The molecule has 1 aliphatic carbocycles. The maximum absolute atomic E-state index is 12.1. The lowest BCUT2D eigenvalue weighted by Crippen LogP contribution is -2.39. The normalized spacial score (nSPS) is 17.1. The van der Waals surface area contributed by atoms with E-state index < -0.39 is 0 Å². The van der Waals surface area contributed by atoms with Crippen LogP contribution in [0.3, 0.4) is 0 Å². The standard InChI is InChI=1S/C12H17NO2S/c1-9(15-2)12(14)13(11-3-4-11)7-10-5-6-16-8-10/h5-6,8-9,11H,3-4,7H2,1-2H3. The van der Waals surface area contributed by atoms with Crippen LogP contribution in [0.5, 0.6) is 0 Å². The molecule has 0 aromatic carbocycles. The Morgan fingerprint density at radius 1 is 1.69 bits per heavy atom. The molecule has 0 radical (unpaired) electrons. The van der Waals surface area contributed by atoms with Crippen LogP contribution in [0, 0.1) is 0 Å². The second-order valence-electron chi connectivity index (χ2n) is 4.21. The molecule has 1 heterocycles. The van der Waals surface area contributed by atoms with Crippen molar-refractivity contribution in [1.29, 1.82) is 0 Å². The zero-order valence-corrected chi connectivity index (χ0v) is 10.5. The average Bonchev–Trinajstić information content (AvgIpc) is 3.01. The van der Waals surface area contributed by atoms with Gasteiger partial charge >= 0.3 is 0 Å². The quantitative estimate of drug-likeness (QED) is 0.789. The SMILES string of the molecule is COC(C)C(=O)N(Cc1ccsc1)C1CC1. The number of nitrogens with zero attached hydrogens (tertiary/aromatic N) is 1. The number of thiophene rings is 1. The number of carbonyl (C=O) groups excluding carboxylic acids is 1. The molecule has 88 valence electrons. The third-order valence-corrected chi connectivity index (χ3v) is 3.64. The van der Waals surface area contributed by atoms with E-state index in [0.717, 1.165) is 19.4 Å². The molecule has 3 nitrogen and oxygen atoms in total. The van der Waals surface area contributed by atoms with Crippen LogP contribution < -0.4 is 0 Å². The molecule has 0 N–H and O–H groups in total. The van der Waals surface area contributed by atoms with Crippen LogP contribution in [-0.4, -0.2) is 30.1 Å². The van der Waals surface area contributed by atoms with Crippen LogP contribution >= 0.6 is 11.3 Å². The van der Waals surface area contributed by atoms with E-state index in [1.165, 1.54) is 5.56 Å². The molecule has 1 amide bonds. The fourth-order valence-electron chi connectivity index (χ4n) is 1.69. The maximum Gasteiger partial charge on any atom is 0.251 e. The third kappa shape index (κ3) is 2.62. The number of hydrogen-bond acceptors (Lipinski definition) is 3. The van der Waals surface area contributed by atoms with Gasteiger partial charge in [-0.15, -0.1) is 0 Å². The lowest BCUT2D eigenvalue weighted by Gasteiger charge is -2.24. The predicted octanol–water partition coefficient (Wildman–Crippen LogP) is 2.27. The van der Waals surface area contributed by atoms with Gasteiger partial charge in [0.25, 0.3) is 5.91 Å². The molecule has 1 aromatic rings. The molecular formula is C12H17NO2S. The molecule has 1 aromatic heterocycles. The molecule has 0 spiro atoms. The summed E-state index contributed by atoms with van der Waals surface area (Å²) in [6.07, 6.45) is 1.93. The van der Waals surface area contributed by atoms with Gasteiger partial charge in [-0.3, -0.25) is 4.79 Å². The molecule has 1 atom stereocenters. The van der Waals surface area contributed by atoms with Crippen molar-refractivity contribution in [3.05, 3.63) is 22.4 Å². The van der Waals surface area contributed by atoms with Gasteiger partial charge in [0.2, 0.25) is 0 Å². The van der Waals surface area contributed by atoms with E-state index in [4.69, 9.17) is 4.74 Å². The van der Waals surface area contributed by atoms with E-state index in [0.29, 0.717) is 6.04 Å². The first-order chi connectivity index (χ1) is 7.72. The van der Waals surface area contributed by atoms with Crippen LogP contribution in [0.4, 0.5) is 0 Å². The summed E-state index contributed by atoms with van der Waals surface area (Å²) < 4.78 is 5.10. The Hall–Kier alpha value is -0.870. The van der Waals surface area contributed by atoms with Gasteiger partial charge in [-0.1, -0.05) is 0 Å². The lowest BCUT2D eigenvalue weighted by molar-refractivity contribution is -0.142. The molecule has 0 saturated heterocycles. The predicted molar refractivity (Wildman–Crippen MR) is 64.4 cm³/mol. The van der Waals surface area contributed by atoms with Crippen molar-refractivity contribution in [1.82, 2.24) is 4.90 Å². The van der Waals surface area contributed by atoms with Gasteiger partial charge < -0.3 is 9.64 Å². The highest BCUT2D eigenvalue weighted by Crippen LogP contribution is 2.29. The summed E-state index contributed by atoms with van der Waals surface area (Å²) in [6.45, 7) is 2.53. The highest BCUT2D eigenvalue weighted by atomic mass is 32.1. The minimum absolute atomic E-state index is 0.108. The summed E-state index contributed by atoms with van der Waals surface area (Å²) in [5.74, 6) is 0.108. The third-order valence-electron chi connectivity index (χ3n) is 2.91. The zero-order valence-electron chi connectivity index (χ0n) is 9.68.